The van der Waals surface area contributed by atoms with Gasteiger partial charge in [0.1, 0.15) is 17.0 Å². The Morgan fingerprint density at radius 3 is 1.88 bits per heavy atom. The highest BCUT2D eigenvalue weighted by molar-refractivity contribution is 5.69. The van der Waals surface area contributed by atoms with Crippen LogP contribution in [0.15, 0.2) is 91.0 Å². The van der Waals surface area contributed by atoms with Crippen LogP contribution in [0, 0.1) is 6.92 Å². The van der Waals surface area contributed by atoms with E-state index in [9.17, 15) is 9.59 Å². The fraction of sp³-hybridized carbons (Fsp3) is 0.510. The average molecular weight is 818 g/mol. The molecule has 0 unspecified atom stereocenters. The molecule has 1 aromatic heterocycles. The number of aromatic nitrogens is 2. The Bertz CT molecular complexity index is 1910. The molecule has 0 atom stereocenters. The maximum Gasteiger partial charge on any atom is 0.410 e. The summed E-state index contributed by atoms with van der Waals surface area (Å²) in [5.41, 5.74) is 4.41. The summed E-state index contributed by atoms with van der Waals surface area (Å²) < 4.78 is 11.7. The molecule has 322 valence electrons. The van der Waals surface area contributed by atoms with Gasteiger partial charge in [-0.3, -0.25) is 4.90 Å². The van der Waals surface area contributed by atoms with Crippen LogP contribution in [0.2, 0.25) is 0 Å². The molecular formula is C49H67N7O4. The second kappa shape index (κ2) is 20.4. The molecule has 2 amide bonds. The number of anilines is 2. The normalized spacial score (nSPS) is 15.4. The van der Waals surface area contributed by atoms with E-state index in [1.54, 1.807) is 4.90 Å². The van der Waals surface area contributed by atoms with Crippen LogP contribution in [-0.2, 0) is 22.6 Å². The van der Waals surface area contributed by atoms with E-state index in [0.29, 0.717) is 38.5 Å². The van der Waals surface area contributed by atoms with Crippen LogP contribution in [0.25, 0.3) is 0 Å². The molecule has 1 saturated heterocycles. The minimum absolute atomic E-state index is 0.163. The largest absolute Gasteiger partial charge is 0.444 e. The van der Waals surface area contributed by atoms with Crippen molar-refractivity contribution in [3.63, 3.8) is 0 Å². The molecule has 3 aromatic carbocycles. The molecule has 4 aromatic rings. The Labute approximate surface area is 358 Å². The summed E-state index contributed by atoms with van der Waals surface area (Å²) in [6, 6.07) is 32.3. The van der Waals surface area contributed by atoms with E-state index in [1.807, 2.05) is 53.4 Å². The number of carbonyl (C=O) groups excluding carboxylic acids is 2. The van der Waals surface area contributed by atoms with Crippen molar-refractivity contribution < 1.29 is 19.1 Å². The molecule has 0 spiro atoms. The zero-order valence-corrected chi connectivity index (χ0v) is 37.0. The Morgan fingerprint density at radius 1 is 0.733 bits per heavy atom. The first-order valence-electron chi connectivity index (χ1n) is 21.9. The van der Waals surface area contributed by atoms with Crippen molar-refractivity contribution in [3.05, 3.63) is 119 Å². The van der Waals surface area contributed by atoms with Crippen molar-refractivity contribution in [2.75, 3.05) is 49.5 Å². The number of benzene rings is 3. The fourth-order valence-electron chi connectivity index (χ4n) is 8.18. The molecule has 0 bridgehead atoms. The lowest BCUT2D eigenvalue weighted by Crippen LogP contribution is -2.48. The molecule has 11 nitrogen and oxygen atoms in total. The highest BCUT2D eigenvalue weighted by Crippen LogP contribution is 2.31. The maximum absolute atomic E-state index is 13.5. The molecule has 1 aliphatic heterocycles. The molecule has 1 saturated carbocycles. The summed E-state index contributed by atoms with van der Waals surface area (Å²) in [5.74, 6) is 1.54. The van der Waals surface area contributed by atoms with E-state index in [4.69, 9.17) is 19.4 Å². The molecule has 2 fully saturated rings. The van der Waals surface area contributed by atoms with Gasteiger partial charge in [0, 0.05) is 70.2 Å². The van der Waals surface area contributed by atoms with E-state index in [2.05, 4.69) is 106 Å². The van der Waals surface area contributed by atoms with Gasteiger partial charge in [-0.25, -0.2) is 14.6 Å². The van der Waals surface area contributed by atoms with Crippen molar-refractivity contribution >= 4 is 24.0 Å². The molecule has 2 aliphatic rings. The van der Waals surface area contributed by atoms with E-state index in [0.717, 1.165) is 74.5 Å². The number of rotatable bonds is 14. The van der Waals surface area contributed by atoms with Gasteiger partial charge in [-0.1, -0.05) is 104 Å². The highest BCUT2D eigenvalue weighted by Gasteiger charge is 2.31. The Kier molecular flexibility index (Phi) is 15.1. The summed E-state index contributed by atoms with van der Waals surface area (Å²) in [6.07, 6.45) is 5.37. The van der Waals surface area contributed by atoms with Gasteiger partial charge in [-0.05, 0) is 90.0 Å². The minimum atomic E-state index is -0.630. The van der Waals surface area contributed by atoms with Gasteiger partial charge in [0.05, 0.1) is 6.04 Å². The second-order valence-corrected chi connectivity index (χ2v) is 18.3. The topological polar surface area (TPSA) is 103 Å². The number of carbonyl (C=O) groups is 2. The predicted octanol–water partition coefficient (Wildman–Crippen LogP) is 10.0. The molecule has 60 heavy (non-hydrogen) atoms. The molecule has 2 heterocycles. The van der Waals surface area contributed by atoms with Gasteiger partial charge < -0.3 is 29.5 Å². The van der Waals surface area contributed by atoms with Crippen LogP contribution in [-0.4, -0.2) is 93.4 Å². The number of aryl methyl sites for hydroxylation is 1. The number of nitrogens with zero attached hydrogens (tertiary/aromatic N) is 6. The SMILES string of the molecule is Cc1cc(N2CCN(C(c3ccccc3)c3ccccc3)CC2)nc(NCc2ccc(CN(CCCN(C(=O)OC(C)(C)C)C3CCCCC3)C(=O)OC(C)(C)C)cc2)n1. The van der Waals surface area contributed by atoms with Crippen LogP contribution in [0.5, 0.6) is 0 Å². The minimum Gasteiger partial charge on any atom is -0.444 e. The predicted molar refractivity (Wildman–Crippen MR) is 240 cm³/mol. The Morgan fingerprint density at radius 2 is 1.30 bits per heavy atom. The van der Waals surface area contributed by atoms with Crippen molar-refractivity contribution in [1.29, 1.82) is 0 Å². The van der Waals surface area contributed by atoms with E-state index < -0.39 is 11.2 Å². The monoisotopic (exact) mass is 818 g/mol. The average Bonchev–Trinajstić information content (AvgIpc) is 3.21. The maximum atomic E-state index is 13.5. The third-order valence-electron chi connectivity index (χ3n) is 11.0. The fourth-order valence-corrected chi connectivity index (χ4v) is 8.18. The lowest BCUT2D eigenvalue weighted by atomic mass is 9.94. The van der Waals surface area contributed by atoms with E-state index >= 15 is 0 Å². The molecule has 1 aliphatic carbocycles. The quantitative estimate of drug-likeness (QED) is 0.133. The van der Waals surface area contributed by atoms with Crippen molar-refractivity contribution in [3.8, 4) is 0 Å². The van der Waals surface area contributed by atoms with Crippen molar-refractivity contribution in [2.24, 2.45) is 0 Å². The van der Waals surface area contributed by atoms with Gasteiger partial charge in [0.2, 0.25) is 5.95 Å². The smallest absolute Gasteiger partial charge is 0.410 e. The first-order chi connectivity index (χ1) is 28.7. The highest BCUT2D eigenvalue weighted by atomic mass is 16.6. The summed E-state index contributed by atoms with van der Waals surface area (Å²) in [7, 11) is 0. The lowest BCUT2D eigenvalue weighted by molar-refractivity contribution is 0.00969. The number of ether oxygens (including phenoxy) is 2. The first kappa shape index (κ1) is 44.4. The van der Waals surface area contributed by atoms with Gasteiger partial charge >= 0.3 is 12.2 Å². The number of hydrogen-bond donors (Lipinski definition) is 1. The first-order valence-corrected chi connectivity index (χ1v) is 21.9. The third-order valence-corrected chi connectivity index (χ3v) is 11.0. The van der Waals surface area contributed by atoms with Gasteiger partial charge in [0.15, 0.2) is 0 Å². The number of nitrogens with one attached hydrogen (secondary N) is 1. The standard InChI is InChI=1S/C49H67N7O4/c1-37-34-43(53-30-32-54(33-31-53)44(40-18-11-8-12-19-40)41-20-13-9-14-21-41)52-45(51-37)50-35-38-24-26-39(27-25-38)36-55(46(57)59-48(2,3)4)28-17-29-56(42-22-15-10-16-23-42)47(58)60-49(5,6)7/h8-9,11-14,18-21,24-27,34,42,44H,10,15-17,22-23,28-33,35-36H2,1-7H3,(H,50,51,52). The van der Waals surface area contributed by atoms with Crippen LogP contribution in [0.3, 0.4) is 0 Å². The Balaban J connectivity index is 1.05. The van der Waals surface area contributed by atoms with E-state index in [-0.39, 0.29) is 24.3 Å². The number of amides is 2. The van der Waals surface area contributed by atoms with Crippen LogP contribution in [0.1, 0.15) is 114 Å². The van der Waals surface area contributed by atoms with Gasteiger partial charge in [-0.15, -0.1) is 0 Å². The summed E-state index contributed by atoms with van der Waals surface area (Å²) >= 11 is 0. The van der Waals surface area contributed by atoms with Crippen LogP contribution in [0.4, 0.5) is 21.4 Å². The van der Waals surface area contributed by atoms with Gasteiger partial charge in [0.25, 0.3) is 0 Å². The van der Waals surface area contributed by atoms with E-state index in [1.165, 1.54) is 17.5 Å². The van der Waals surface area contributed by atoms with Crippen LogP contribution < -0.4 is 10.2 Å². The van der Waals surface area contributed by atoms with Crippen molar-refractivity contribution in [1.82, 2.24) is 24.7 Å². The molecule has 11 heteroatoms. The van der Waals surface area contributed by atoms with Crippen LogP contribution >= 0.6 is 0 Å². The molecule has 6 rings (SSSR count). The second-order valence-electron chi connectivity index (χ2n) is 18.3. The third kappa shape index (κ3) is 13.2. The Hall–Kier alpha value is -5.16. The zero-order chi connectivity index (χ0) is 42.7. The molecular weight excluding hydrogens is 751 g/mol. The lowest BCUT2D eigenvalue weighted by Gasteiger charge is -2.40. The summed E-state index contributed by atoms with van der Waals surface area (Å²) in [5, 5.41) is 3.46. The molecule has 0 radical (unpaired) electrons. The molecule has 1 N–H and O–H groups in total. The summed E-state index contributed by atoms with van der Waals surface area (Å²) in [6.45, 7) is 18.9. The zero-order valence-electron chi connectivity index (χ0n) is 37.0. The van der Waals surface area contributed by atoms with Gasteiger partial charge in [-0.2, -0.15) is 4.98 Å². The van der Waals surface area contributed by atoms with Crippen molar-refractivity contribution in [2.45, 2.75) is 123 Å². The number of piperazine rings is 1. The number of hydrogen-bond acceptors (Lipinski definition) is 9. The summed E-state index contributed by atoms with van der Waals surface area (Å²) in [4.78, 5) is 45.1.